The predicted molar refractivity (Wildman–Crippen MR) is 63.0 cm³/mol. The summed E-state index contributed by atoms with van der Waals surface area (Å²) in [6.07, 6.45) is 7.04. The number of carbonyl (C=O) groups is 1. The molecule has 5 nitrogen and oxygen atoms in total. The monoisotopic (exact) mass is 304 g/mol. The van der Waals surface area contributed by atoms with Gasteiger partial charge in [-0.05, 0) is 19.3 Å². The Morgan fingerprint density at radius 1 is 0.889 bits per heavy atom. The van der Waals surface area contributed by atoms with E-state index in [9.17, 15) is 18.3 Å². The molecule has 18 heavy (non-hydrogen) atoms. The molecule has 0 rings (SSSR count). The largest absolute Gasteiger partial charge is 1.00 e. The molecule has 0 atom stereocenters. The minimum Gasteiger partial charge on any atom is -0.550 e. The molecule has 0 saturated heterocycles. The topological polar surface area (TPSA) is 94.5 Å². The molecule has 0 aromatic heterocycles. The van der Waals surface area contributed by atoms with Crippen LogP contribution in [0.15, 0.2) is 0 Å². The maximum Gasteiger partial charge on any atom is 1.00 e. The van der Waals surface area contributed by atoms with Gasteiger partial charge in [-0.3, -0.25) is 4.55 Å². The first-order valence-corrected chi connectivity index (χ1v) is 7.68. The van der Waals surface area contributed by atoms with Crippen LogP contribution in [0.5, 0.6) is 0 Å². The molecule has 102 valence electrons. The molecular formula is C11H21KO5S. The molecule has 7 heteroatoms. The molecule has 0 aromatic carbocycles. The molecule has 0 fully saturated rings. The molecule has 0 radical (unpaired) electrons. The van der Waals surface area contributed by atoms with Crippen molar-refractivity contribution in [2.45, 2.75) is 57.8 Å². The number of hydrogen-bond acceptors (Lipinski definition) is 4. The van der Waals surface area contributed by atoms with Crippen molar-refractivity contribution >= 4 is 16.1 Å². The molecule has 0 unspecified atom stereocenters. The van der Waals surface area contributed by atoms with Crippen molar-refractivity contribution in [1.82, 2.24) is 0 Å². The molecule has 1 N–H and O–H groups in total. The van der Waals surface area contributed by atoms with E-state index in [2.05, 4.69) is 0 Å². The van der Waals surface area contributed by atoms with Crippen LogP contribution in [0.3, 0.4) is 0 Å². The van der Waals surface area contributed by atoms with Gasteiger partial charge >= 0.3 is 51.4 Å². The van der Waals surface area contributed by atoms with E-state index in [0.717, 1.165) is 38.5 Å². The van der Waals surface area contributed by atoms with Crippen LogP contribution in [0.4, 0.5) is 0 Å². The van der Waals surface area contributed by atoms with Gasteiger partial charge in [-0.25, -0.2) is 0 Å². The number of carbonyl (C=O) groups excluding carboxylic acids is 1. The van der Waals surface area contributed by atoms with Gasteiger partial charge in [0.1, 0.15) is 0 Å². The van der Waals surface area contributed by atoms with E-state index in [1.165, 1.54) is 0 Å². The van der Waals surface area contributed by atoms with E-state index in [1.54, 1.807) is 0 Å². The Balaban J connectivity index is 0. The van der Waals surface area contributed by atoms with E-state index in [1.807, 2.05) is 0 Å². The number of unbranched alkanes of at least 4 members (excludes halogenated alkanes) is 7. The van der Waals surface area contributed by atoms with Crippen molar-refractivity contribution in [3.8, 4) is 0 Å². The van der Waals surface area contributed by atoms with Crippen molar-refractivity contribution in [3.63, 3.8) is 0 Å². The summed E-state index contributed by atoms with van der Waals surface area (Å²) >= 11 is 0. The molecule has 0 aromatic rings. The van der Waals surface area contributed by atoms with Crippen molar-refractivity contribution in [2.75, 3.05) is 5.75 Å². The van der Waals surface area contributed by atoms with E-state index in [-0.39, 0.29) is 63.6 Å². The van der Waals surface area contributed by atoms with Crippen LogP contribution in [0.1, 0.15) is 57.8 Å². The Bertz CT molecular complexity index is 303. The maximum absolute atomic E-state index is 10.4. The van der Waals surface area contributed by atoms with Gasteiger partial charge in [-0.2, -0.15) is 8.42 Å². The van der Waals surface area contributed by atoms with Gasteiger partial charge in [0.15, 0.2) is 0 Å². The number of aliphatic carboxylic acids is 1. The SMILES string of the molecule is O=C([O-])CCCCCCCCCCS(=O)(=O)O.[K+]. The number of rotatable bonds is 11. The second-order valence-electron chi connectivity index (χ2n) is 4.24. The third kappa shape index (κ3) is 19.4. The first-order valence-electron chi connectivity index (χ1n) is 6.07. The minimum atomic E-state index is -3.80. The van der Waals surface area contributed by atoms with Crippen LogP contribution in [0.25, 0.3) is 0 Å². The van der Waals surface area contributed by atoms with Crippen LogP contribution < -0.4 is 56.5 Å². The van der Waals surface area contributed by atoms with Gasteiger partial charge in [-0.1, -0.05) is 38.5 Å². The zero-order valence-corrected chi connectivity index (χ0v) is 15.0. The van der Waals surface area contributed by atoms with E-state index in [0.29, 0.717) is 12.8 Å². The van der Waals surface area contributed by atoms with Crippen LogP contribution >= 0.6 is 0 Å². The Hall–Kier alpha value is 1.02. The molecular weight excluding hydrogens is 283 g/mol. The van der Waals surface area contributed by atoms with Crippen LogP contribution in [0, 0.1) is 0 Å². The third-order valence-corrected chi connectivity index (χ3v) is 3.34. The van der Waals surface area contributed by atoms with Crippen molar-refractivity contribution in [3.05, 3.63) is 0 Å². The number of carboxylic acids is 1. The fourth-order valence-electron chi connectivity index (χ4n) is 1.61. The summed E-state index contributed by atoms with van der Waals surface area (Å²) in [4.78, 5) is 10.1. The molecule has 0 aliphatic heterocycles. The van der Waals surface area contributed by atoms with Crippen molar-refractivity contribution in [1.29, 1.82) is 0 Å². The zero-order valence-electron chi connectivity index (χ0n) is 11.1. The zero-order chi connectivity index (χ0) is 13.1. The molecule has 0 aliphatic carbocycles. The summed E-state index contributed by atoms with van der Waals surface area (Å²) < 4.78 is 29.3. The molecule has 0 bridgehead atoms. The van der Waals surface area contributed by atoms with Gasteiger partial charge in [0.2, 0.25) is 0 Å². The van der Waals surface area contributed by atoms with E-state index >= 15 is 0 Å². The second kappa shape index (κ2) is 13.0. The quantitative estimate of drug-likeness (QED) is 0.274. The van der Waals surface area contributed by atoms with Gasteiger partial charge in [0, 0.05) is 5.97 Å². The number of carboxylic acid groups (broad SMARTS) is 1. The smallest absolute Gasteiger partial charge is 0.550 e. The summed E-state index contributed by atoms with van der Waals surface area (Å²) in [5.41, 5.74) is 0. The van der Waals surface area contributed by atoms with Gasteiger partial charge < -0.3 is 9.90 Å². The summed E-state index contributed by atoms with van der Waals surface area (Å²) in [5.74, 6) is -1.14. The Morgan fingerprint density at radius 3 is 1.67 bits per heavy atom. The predicted octanol–water partition coefficient (Wildman–Crippen LogP) is -1.86. The average molecular weight is 304 g/mol. The van der Waals surface area contributed by atoms with E-state index in [4.69, 9.17) is 4.55 Å². The summed E-state index contributed by atoms with van der Waals surface area (Å²) in [5, 5.41) is 10.1. The van der Waals surface area contributed by atoms with Crippen LogP contribution in [-0.4, -0.2) is 24.7 Å². The second-order valence-corrected chi connectivity index (χ2v) is 5.81. The molecule has 0 amide bonds. The average Bonchev–Trinajstić information content (AvgIpc) is 2.18. The van der Waals surface area contributed by atoms with Crippen molar-refractivity contribution < 1.29 is 74.3 Å². The summed E-state index contributed by atoms with van der Waals surface area (Å²) in [6, 6.07) is 0. The summed E-state index contributed by atoms with van der Waals surface area (Å²) in [6.45, 7) is 0. The van der Waals surface area contributed by atoms with Gasteiger partial charge in [0.25, 0.3) is 10.1 Å². The molecule has 0 spiro atoms. The Labute approximate surface area is 152 Å². The van der Waals surface area contributed by atoms with Crippen LogP contribution in [-0.2, 0) is 14.9 Å². The first-order chi connectivity index (χ1) is 7.92. The van der Waals surface area contributed by atoms with Gasteiger partial charge in [-0.15, -0.1) is 0 Å². The fourth-order valence-corrected chi connectivity index (χ4v) is 2.18. The number of hydrogen-bond donors (Lipinski definition) is 1. The minimum absolute atomic E-state index is 0. The first kappa shape index (κ1) is 21.3. The maximum atomic E-state index is 10.4. The third-order valence-electron chi connectivity index (χ3n) is 2.53. The molecule has 0 saturated carbocycles. The Kier molecular flexibility index (Phi) is 15.4. The normalized spacial score (nSPS) is 10.9. The standard InChI is InChI=1S/C11H22O5S.K/c12-11(13)9-7-5-3-1-2-4-6-8-10-17(14,15)16;/h1-10H2,(H,12,13)(H,14,15,16);/q;+1/p-1. The molecule has 0 aliphatic rings. The van der Waals surface area contributed by atoms with Crippen molar-refractivity contribution in [2.24, 2.45) is 0 Å². The Morgan fingerprint density at radius 2 is 1.28 bits per heavy atom. The summed E-state index contributed by atoms with van der Waals surface area (Å²) in [7, 11) is -3.80. The van der Waals surface area contributed by atoms with E-state index < -0.39 is 16.1 Å². The fraction of sp³-hybridized carbons (Fsp3) is 0.909. The molecule has 0 heterocycles. The van der Waals surface area contributed by atoms with Crippen LogP contribution in [0.2, 0.25) is 0 Å². The van der Waals surface area contributed by atoms with Gasteiger partial charge in [0.05, 0.1) is 5.75 Å².